The number of sulfonamides is 1. The Morgan fingerprint density at radius 1 is 1.19 bits per heavy atom. The summed E-state index contributed by atoms with van der Waals surface area (Å²) in [6.07, 6.45) is 1.69. The van der Waals surface area contributed by atoms with Gasteiger partial charge in [-0.2, -0.15) is 5.26 Å². The van der Waals surface area contributed by atoms with E-state index in [0.29, 0.717) is 29.8 Å². The molecule has 1 aliphatic heterocycles. The predicted molar refractivity (Wildman–Crippen MR) is 95.0 cm³/mol. The second-order valence-corrected chi connectivity index (χ2v) is 7.70. The van der Waals surface area contributed by atoms with Crippen molar-refractivity contribution in [2.75, 3.05) is 24.2 Å². The minimum atomic E-state index is -3.34. The van der Waals surface area contributed by atoms with Gasteiger partial charge in [-0.3, -0.25) is 4.31 Å². The molecule has 0 unspecified atom stereocenters. The molecule has 8 heteroatoms. The molecule has 3 rings (SSSR count). The van der Waals surface area contributed by atoms with Gasteiger partial charge in [0.1, 0.15) is 0 Å². The van der Waals surface area contributed by atoms with Crippen molar-refractivity contribution in [3.05, 3.63) is 53.1 Å². The van der Waals surface area contributed by atoms with Crippen LogP contribution in [0.1, 0.15) is 21.5 Å². The molecule has 1 aliphatic rings. The lowest BCUT2D eigenvalue weighted by atomic mass is 10.1. The van der Waals surface area contributed by atoms with Gasteiger partial charge in [0.05, 0.1) is 36.2 Å². The monoisotopic (exact) mass is 372 g/mol. The maximum atomic E-state index is 12.4. The molecule has 2 aromatic rings. The van der Waals surface area contributed by atoms with E-state index in [1.165, 1.54) is 35.7 Å². The van der Waals surface area contributed by atoms with Crippen LogP contribution in [0.2, 0.25) is 0 Å². The van der Waals surface area contributed by atoms with Crippen LogP contribution in [-0.4, -0.2) is 34.3 Å². The first kappa shape index (κ1) is 17.8. The molecule has 0 aliphatic carbocycles. The number of benzene rings is 2. The number of hydrogen-bond acceptors (Lipinski definition) is 6. The molecule has 0 fully saturated rings. The van der Waals surface area contributed by atoms with Crippen LogP contribution in [0.5, 0.6) is 11.5 Å². The summed E-state index contributed by atoms with van der Waals surface area (Å²) in [6.45, 7) is 0.357. The Balaban J connectivity index is 1.86. The maximum absolute atomic E-state index is 12.4. The lowest BCUT2D eigenvalue weighted by Gasteiger charge is -2.16. The molecule has 0 amide bonds. The van der Waals surface area contributed by atoms with Gasteiger partial charge in [-0.05, 0) is 42.3 Å². The minimum Gasteiger partial charge on any atom is -0.493 e. The Labute approximate surface area is 151 Å². The van der Waals surface area contributed by atoms with Gasteiger partial charge in [0, 0.05) is 12.6 Å². The van der Waals surface area contributed by atoms with Crippen molar-refractivity contribution in [1.82, 2.24) is 0 Å². The molecule has 0 aromatic heterocycles. The molecule has 26 heavy (non-hydrogen) atoms. The average Bonchev–Trinajstić information content (AvgIpc) is 3.05. The number of fused-ring (bicyclic) bond motifs is 1. The van der Waals surface area contributed by atoms with E-state index in [0.717, 1.165) is 11.8 Å². The number of nitrogens with zero attached hydrogens (tertiary/aromatic N) is 2. The number of rotatable bonds is 4. The molecule has 0 spiro atoms. The van der Waals surface area contributed by atoms with Gasteiger partial charge < -0.3 is 9.47 Å². The normalized spacial score (nSPS) is 13.0. The van der Waals surface area contributed by atoms with Crippen molar-refractivity contribution in [2.45, 2.75) is 6.42 Å². The first-order chi connectivity index (χ1) is 12.3. The van der Waals surface area contributed by atoms with Crippen LogP contribution >= 0.6 is 0 Å². The Kier molecular flexibility index (Phi) is 4.57. The Bertz CT molecular complexity index is 1020. The van der Waals surface area contributed by atoms with Crippen molar-refractivity contribution in [3.63, 3.8) is 0 Å². The number of methoxy groups -OCH3 is 1. The van der Waals surface area contributed by atoms with E-state index in [4.69, 9.17) is 14.7 Å². The number of anilines is 1. The maximum Gasteiger partial charge on any atom is 0.343 e. The summed E-state index contributed by atoms with van der Waals surface area (Å²) >= 11 is 0. The van der Waals surface area contributed by atoms with Crippen LogP contribution in [0.4, 0.5) is 5.69 Å². The van der Waals surface area contributed by atoms with E-state index < -0.39 is 16.0 Å². The zero-order valence-corrected chi connectivity index (χ0v) is 15.0. The number of nitriles is 1. The van der Waals surface area contributed by atoms with E-state index in [1.807, 2.05) is 6.07 Å². The minimum absolute atomic E-state index is 0.203. The molecular formula is C18H16N2O5S. The molecule has 134 valence electrons. The third-order valence-electron chi connectivity index (χ3n) is 4.06. The van der Waals surface area contributed by atoms with Crippen molar-refractivity contribution in [1.29, 1.82) is 5.26 Å². The van der Waals surface area contributed by atoms with Crippen LogP contribution in [-0.2, 0) is 16.4 Å². The SMILES string of the molecule is COc1cc(C#N)ccc1OC(=O)c1ccc2c(c1)CCN2S(C)(=O)=O. The van der Waals surface area contributed by atoms with E-state index in [-0.39, 0.29) is 11.5 Å². The third kappa shape index (κ3) is 3.34. The number of carbonyl (C=O) groups excluding carboxylic acids is 1. The lowest BCUT2D eigenvalue weighted by molar-refractivity contribution is 0.0729. The summed E-state index contributed by atoms with van der Waals surface area (Å²) in [7, 11) is -1.92. The molecule has 0 atom stereocenters. The first-order valence-corrected chi connectivity index (χ1v) is 9.59. The van der Waals surface area contributed by atoms with Crippen LogP contribution in [0.3, 0.4) is 0 Å². The molecular weight excluding hydrogens is 356 g/mol. The number of hydrogen-bond donors (Lipinski definition) is 0. The third-order valence-corrected chi connectivity index (χ3v) is 5.24. The summed E-state index contributed by atoms with van der Waals surface area (Å²) in [4.78, 5) is 12.4. The molecule has 7 nitrogen and oxygen atoms in total. The number of esters is 1. The molecule has 2 aromatic carbocycles. The average molecular weight is 372 g/mol. The summed E-state index contributed by atoms with van der Waals surface area (Å²) in [6, 6.07) is 11.3. The van der Waals surface area contributed by atoms with Gasteiger partial charge in [-0.1, -0.05) is 0 Å². The van der Waals surface area contributed by atoms with Crippen LogP contribution in [0.15, 0.2) is 36.4 Å². The second-order valence-electron chi connectivity index (χ2n) is 5.80. The Hall–Kier alpha value is -3.05. The first-order valence-electron chi connectivity index (χ1n) is 7.74. The molecule has 0 radical (unpaired) electrons. The fourth-order valence-electron chi connectivity index (χ4n) is 2.82. The van der Waals surface area contributed by atoms with Gasteiger partial charge in [0.2, 0.25) is 10.0 Å². The molecule has 1 heterocycles. The highest BCUT2D eigenvalue weighted by atomic mass is 32.2. The Morgan fingerprint density at radius 3 is 2.62 bits per heavy atom. The van der Waals surface area contributed by atoms with Crippen LogP contribution < -0.4 is 13.8 Å². The van der Waals surface area contributed by atoms with Gasteiger partial charge in [0.15, 0.2) is 11.5 Å². The standard InChI is InChI=1S/C18H16N2O5S/c1-24-17-9-12(11-19)3-6-16(17)25-18(21)14-4-5-15-13(10-14)7-8-20(15)26(2,22)23/h3-6,9-10H,7-8H2,1-2H3. The quantitative estimate of drug-likeness (QED) is 0.602. The second kappa shape index (κ2) is 6.69. The van der Waals surface area contributed by atoms with Gasteiger partial charge >= 0.3 is 5.97 Å². The van der Waals surface area contributed by atoms with E-state index in [9.17, 15) is 13.2 Å². The van der Waals surface area contributed by atoms with Gasteiger partial charge in [-0.15, -0.1) is 0 Å². The van der Waals surface area contributed by atoms with E-state index >= 15 is 0 Å². The van der Waals surface area contributed by atoms with Crippen LogP contribution in [0, 0.1) is 11.3 Å². The number of carbonyl (C=O) groups is 1. The smallest absolute Gasteiger partial charge is 0.343 e. The molecule has 0 saturated carbocycles. The summed E-state index contributed by atoms with van der Waals surface area (Å²) in [5.74, 6) is -0.106. The van der Waals surface area contributed by atoms with Crippen molar-refractivity contribution in [2.24, 2.45) is 0 Å². The topological polar surface area (TPSA) is 96.7 Å². The summed E-state index contributed by atoms with van der Waals surface area (Å²) in [5.41, 5.74) is 2.06. The number of ether oxygens (including phenoxy) is 2. The summed E-state index contributed by atoms with van der Waals surface area (Å²) < 4.78 is 35.4. The van der Waals surface area contributed by atoms with Gasteiger partial charge in [0.25, 0.3) is 0 Å². The fraction of sp³-hybridized carbons (Fsp3) is 0.222. The predicted octanol–water partition coefficient (Wildman–Crippen LogP) is 2.11. The van der Waals surface area contributed by atoms with Crippen molar-refractivity contribution < 1.29 is 22.7 Å². The zero-order chi connectivity index (χ0) is 18.9. The largest absolute Gasteiger partial charge is 0.493 e. The Morgan fingerprint density at radius 2 is 1.96 bits per heavy atom. The fourth-order valence-corrected chi connectivity index (χ4v) is 3.78. The van der Waals surface area contributed by atoms with Crippen molar-refractivity contribution >= 4 is 21.7 Å². The van der Waals surface area contributed by atoms with E-state index in [2.05, 4.69) is 0 Å². The molecule has 0 bridgehead atoms. The highest BCUT2D eigenvalue weighted by molar-refractivity contribution is 7.92. The van der Waals surface area contributed by atoms with Crippen molar-refractivity contribution in [3.8, 4) is 17.6 Å². The highest BCUT2D eigenvalue weighted by Gasteiger charge is 2.27. The van der Waals surface area contributed by atoms with E-state index in [1.54, 1.807) is 12.1 Å². The zero-order valence-electron chi connectivity index (χ0n) is 14.2. The molecule has 0 N–H and O–H groups in total. The molecule has 0 saturated heterocycles. The highest BCUT2D eigenvalue weighted by Crippen LogP contribution is 2.32. The lowest BCUT2D eigenvalue weighted by Crippen LogP contribution is -2.27. The summed E-state index contributed by atoms with van der Waals surface area (Å²) in [5, 5.41) is 8.92. The van der Waals surface area contributed by atoms with Crippen LogP contribution in [0.25, 0.3) is 0 Å². The van der Waals surface area contributed by atoms with Gasteiger partial charge in [-0.25, -0.2) is 13.2 Å².